The number of aromatic nitrogens is 2. The van der Waals surface area contributed by atoms with Crippen molar-refractivity contribution in [1.29, 1.82) is 0 Å². The molecule has 2 rings (SSSR count). The maximum Gasteiger partial charge on any atom is 0.417 e. The number of amides is 2. The van der Waals surface area contributed by atoms with Gasteiger partial charge in [0, 0.05) is 31.3 Å². The first-order chi connectivity index (χ1) is 10.9. The van der Waals surface area contributed by atoms with Gasteiger partial charge in [-0.15, -0.1) is 0 Å². The fraction of sp³-hybridized carbons (Fsp3) is 0.667. The van der Waals surface area contributed by atoms with Crippen LogP contribution < -0.4 is 5.32 Å². The first-order valence-electron chi connectivity index (χ1n) is 7.60. The normalized spacial score (nSPS) is 18.4. The van der Waals surface area contributed by atoms with Gasteiger partial charge in [0.25, 0.3) is 0 Å². The molecule has 1 aromatic rings. The number of carbonyl (C=O) groups is 1. The minimum atomic E-state index is -4.69. The van der Waals surface area contributed by atoms with E-state index in [1.54, 1.807) is 0 Å². The number of alkyl halides is 3. The zero-order chi connectivity index (χ0) is 18.2. The molecule has 0 radical (unpaired) electrons. The number of hydrogen-bond donors (Lipinski definition) is 2. The summed E-state index contributed by atoms with van der Waals surface area (Å²) < 4.78 is 38.2. The fourth-order valence-electron chi connectivity index (χ4n) is 2.35. The van der Waals surface area contributed by atoms with Gasteiger partial charge in [0.2, 0.25) is 0 Å². The number of carbonyl (C=O) groups excluding carboxylic acids is 1. The molecule has 0 aromatic carbocycles. The van der Waals surface area contributed by atoms with Gasteiger partial charge >= 0.3 is 12.2 Å². The van der Waals surface area contributed by atoms with Crippen LogP contribution in [0.5, 0.6) is 0 Å². The lowest BCUT2D eigenvalue weighted by atomic mass is 9.91. The highest BCUT2D eigenvalue weighted by atomic mass is 19.4. The second-order valence-corrected chi connectivity index (χ2v) is 6.99. The third-order valence-corrected chi connectivity index (χ3v) is 3.98. The van der Waals surface area contributed by atoms with E-state index in [-0.39, 0.29) is 18.5 Å². The van der Waals surface area contributed by atoms with E-state index < -0.39 is 30.7 Å². The minimum Gasteiger partial charge on any atom is -0.380 e. The van der Waals surface area contributed by atoms with Gasteiger partial charge in [0.15, 0.2) is 5.60 Å². The molecule has 6 nitrogen and oxygen atoms in total. The number of aliphatic hydroxyl groups is 1. The van der Waals surface area contributed by atoms with Crippen LogP contribution in [-0.4, -0.2) is 50.9 Å². The highest BCUT2D eigenvalue weighted by Gasteiger charge is 2.54. The van der Waals surface area contributed by atoms with E-state index in [4.69, 9.17) is 0 Å². The number of nitrogens with one attached hydrogen (secondary N) is 1. The largest absolute Gasteiger partial charge is 0.417 e. The molecule has 0 bridgehead atoms. The molecule has 0 aliphatic carbocycles. The van der Waals surface area contributed by atoms with E-state index in [0.29, 0.717) is 11.5 Å². The molecular formula is C15H21F3N4O2. The SMILES string of the molecule is CC(C)(C)c1ncc(NC(=O)N2CCC(O)(C(F)(F)F)CC2)cn1. The van der Waals surface area contributed by atoms with Gasteiger partial charge in [0.1, 0.15) is 5.82 Å². The van der Waals surface area contributed by atoms with E-state index in [2.05, 4.69) is 15.3 Å². The molecule has 2 amide bonds. The summed E-state index contributed by atoms with van der Waals surface area (Å²) in [6.45, 7) is 5.51. The zero-order valence-electron chi connectivity index (χ0n) is 13.8. The van der Waals surface area contributed by atoms with Gasteiger partial charge in [-0.1, -0.05) is 20.8 Å². The Morgan fingerprint density at radius 3 is 2.12 bits per heavy atom. The van der Waals surface area contributed by atoms with Gasteiger partial charge in [-0.3, -0.25) is 0 Å². The van der Waals surface area contributed by atoms with Crippen molar-refractivity contribution < 1.29 is 23.1 Å². The Balaban J connectivity index is 1.95. The maximum atomic E-state index is 12.7. The number of halogens is 3. The van der Waals surface area contributed by atoms with Gasteiger partial charge in [-0.05, 0) is 0 Å². The minimum absolute atomic E-state index is 0.178. The summed E-state index contributed by atoms with van der Waals surface area (Å²) in [4.78, 5) is 21.7. The van der Waals surface area contributed by atoms with E-state index >= 15 is 0 Å². The number of anilines is 1. The number of likely N-dealkylation sites (tertiary alicyclic amines) is 1. The monoisotopic (exact) mass is 346 g/mol. The third kappa shape index (κ3) is 3.95. The number of hydrogen-bond acceptors (Lipinski definition) is 4. The average Bonchev–Trinajstić information content (AvgIpc) is 2.46. The van der Waals surface area contributed by atoms with Crippen molar-refractivity contribution in [3.05, 3.63) is 18.2 Å². The lowest BCUT2D eigenvalue weighted by Crippen LogP contribution is -2.55. The first-order valence-corrected chi connectivity index (χ1v) is 7.60. The van der Waals surface area contributed by atoms with Crippen LogP contribution in [0.2, 0.25) is 0 Å². The molecule has 1 aliphatic heterocycles. The Morgan fingerprint density at radius 1 is 1.21 bits per heavy atom. The third-order valence-electron chi connectivity index (χ3n) is 3.98. The summed E-state index contributed by atoms with van der Waals surface area (Å²) >= 11 is 0. The molecule has 0 saturated carbocycles. The molecule has 0 atom stereocenters. The molecule has 2 N–H and O–H groups in total. The smallest absolute Gasteiger partial charge is 0.380 e. The molecule has 0 spiro atoms. The molecule has 134 valence electrons. The Bertz CT molecular complexity index is 588. The lowest BCUT2D eigenvalue weighted by molar-refractivity contribution is -0.271. The van der Waals surface area contributed by atoms with Crippen LogP contribution in [0.25, 0.3) is 0 Å². The van der Waals surface area contributed by atoms with E-state index in [9.17, 15) is 23.1 Å². The molecule has 1 fully saturated rings. The van der Waals surface area contributed by atoms with Crippen LogP contribution in [-0.2, 0) is 5.41 Å². The van der Waals surface area contributed by atoms with Crippen LogP contribution >= 0.6 is 0 Å². The Hall–Kier alpha value is -1.90. The molecule has 1 aliphatic rings. The van der Waals surface area contributed by atoms with Crippen molar-refractivity contribution in [2.45, 2.75) is 50.8 Å². The molecule has 24 heavy (non-hydrogen) atoms. The Kier molecular flexibility index (Phi) is 4.76. The molecule has 9 heteroatoms. The van der Waals surface area contributed by atoms with Crippen LogP contribution in [0.4, 0.5) is 23.7 Å². The average molecular weight is 346 g/mol. The van der Waals surface area contributed by atoms with Crippen LogP contribution in [0, 0.1) is 0 Å². The highest BCUT2D eigenvalue weighted by Crippen LogP contribution is 2.38. The van der Waals surface area contributed by atoms with E-state index in [1.807, 2.05) is 20.8 Å². The number of urea groups is 1. The molecule has 0 unspecified atom stereocenters. The maximum absolute atomic E-state index is 12.7. The first kappa shape index (κ1) is 18.4. The fourth-order valence-corrected chi connectivity index (χ4v) is 2.35. The summed E-state index contributed by atoms with van der Waals surface area (Å²) in [7, 11) is 0. The summed E-state index contributed by atoms with van der Waals surface area (Å²) in [6, 6.07) is -0.536. The molecule has 1 aromatic heterocycles. The van der Waals surface area contributed by atoms with Gasteiger partial charge in [-0.2, -0.15) is 13.2 Å². The second-order valence-electron chi connectivity index (χ2n) is 6.99. The molecule has 2 heterocycles. The van der Waals surface area contributed by atoms with Crippen LogP contribution in [0.3, 0.4) is 0 Å². The van der Waals surface area contributed by atoms with Crippen molar-refractivity contribution in [2.75, 3.05) is 18.4 Å². The highest BCUT2D eigenvalue weighted by molar-refractivity contribution is 5.89. The second kappa shape index (κ2) is 6.19. The summed E-state index contributed by atoms with van der Waals surface area (Å²) in [5.74, 6) is 0.619. The van der Waals surface area contributed by atoms with Crippen LogP contribution in [0.1, 0.15) is 39.4 Å². The Labute approximate surface area is 138 Å². The standard InChI is InChI=1S/C15H21F3N4O2/c1-13(2,3)11-19-8-10(9-20-11)21-12(23)22-6-4-14(24,5-7-22)15(16,17)18/h8-9,24H,4-7H2,1-3H3,(H,21,23). The predicted molar refractivity (Wildman–Crippen MR) is 81.6 cm³/mol. The number of rotatable bonds is 1. The zero-order valence-corrected chi connectivity index (χ0v) is 13.8. The van der Waals surface area contributed by atoms with Crippen LogP contribution in [0.15, 0.2) is 12.4 Å². The van der Waals surface area contributed by atoms with Crippen molar-refractivity contribution in [2.24, 2.45) is 0 Å². The van der Waals surface area contributed by atoms with Crippen molar-refractivity contribution >= 4 is 11.7 Å². The van der Waals surface area contributed by atoms with Gasteiger partial charge < -0.3 is 15.3 Å². The molecular weight excluding hydrogens is 325 g/mol. The number of nitrogens with zero attached hydrogens (tertiary/aromatic N) is 3. The number of piperidine rings is 1. The lowest BCUT2D eigenvalue weighted by Gasteiger charge is -2.38. The van der Waals surface area contributed by atoms with E-state index in [0.717, 1.165) is 0 Å². The summed E-state index contributed by atoms with van der Waals surface area (Å²) in [6.07, 6.45) is -2.85. The van der Waals surface area contributed by atoms with Crippen molar-refractivity contribution in [3.8, 4) is 0 Å². The summed E-state index contributed by atoms with van der Waals surface area (Å²) in [5, 5.41) is 12.2. The van der Waals surface area contributed by atoms with Crippen molar-refractivity contribution in [1.82, 2.24) is 14.9 Å². The topological polar surface area (TPSA) is 78.4 Å². The van der Waals surface area contributed by atoms with Gasteiger partial charge in [0.05, 0.1) is 18.1 Å². The Morgan fingerprint density at radius 2 is 1.71 bits per heavy atom. The quantitative estimate of drug-likeness (QED) is 0.819. The predicted octanol–water partition coefficient (Wildman–Crippen LogP) is 2.70. The van der Waals surface area contributed by atoms with Gasteiger partial charge in [-0.25, -0.2) is 14.8 Å². The van der Waals surface area contributed by atoms with E-state index in [1.165, 1.54) is 17.3 Å². The van der Waals surface area contributed by atoms with Crippen molar-refractivity contribution in [3.63, 3.8) is 0 Å². The molecule has 1 saturated heterocycles. The summed E-state index contributed by atoms with van der Waals surface area (Å²) in [5.41, 5.74) is -2.58.